The van der Waals surface area contributed by atoms with Crippen LogP contribution in [0, 0.1) is 0 Å². The molecule has 0 unspecified atom stereocenters. The van der Waals surface area contributed by atoms with Gasteiger partial charge in [0.1, 0.15) is 30.2 Å². The van der Waals surface area contributed by atoms with Crippen LogP contribution in [0.15, 0.2) is 0 Å². The van der Waals surface area contributed by atoms with Crippen molar-refractivity contribution in [1.29, 1.82) is 0 Å². The molecule has 6 amide bonds. The van der Waals surface area contributed by atoms with Crippen LogP contribution >= 0.6 is 0 Å². The maximum absolute atomic E-state index is 13.4. The molecule has 0 aromatic heterocycles. The van der Waals surface area contributed by atoms with Crippen LogP contribution in [0.4, 0.5) is 0 Å². The first-order chi connectivity index (χ1) is 17.5. The van der Waals surface area contributed by atoms with E-state index in [-0.39, 0.29) is 17.7 Å². The molecule has 0 bridgehead atoms. The summed E-state index contributed by atoms with van der Waals surface area (Å²) in [6, 6.07) is -4.06. The average molecular weight is 524 g/mol. The molecule has 13 nitrogen and oxygen atoms in total. The van der Waals surface area contributed by atoms with Crippen LogP contribution in [0.1, 0.15) is 65.7 Å². The number of nitrogens with one attached hydrogen (secondary N) is 3. The molecule has 2 heterocycles. The third kappa shape index (κ3) is 8.14. The van der Waals surface area contributed by atoms with Crippen LogP contribution in [0.25, 0.3) is 0 Å². The summed E-state index contributed by atoms with van der Waals surface area (Å²) in [5.74, 6) is -2.69. The van der Waals surface area contributed by atoms with E-state index in [2.05, 4.69) is 16.0 Å². The summed E-state index contributed by atoms with van der Waals surface area (Å²) in [6.45, 7) is 5.61. The van der Waals surface area contributed by atoms with Crippen molar-refractivity contribution in [3.05, 3.63) is 0 Å². The fourth-order valence-corrected chi connectivity index (χ4v) is 4.85. The zero-order valence-electron chi connectivity index (χ0n) is 22.0. The number of primary amides is 1. The standard InChI is InChI=1S/C24H41N7O6/c1-14(21(34)29-17(20(26)33)8-4-5-11-25)28-22(35)18-9-6-12-30(18)24(37)19-10-7-13-31(19)23(36)15(2)27-16(3)32/h14-15,17-19H,4-13,25H2,1-3H3,(H2,26,33)(H,27,32)(H,28,35)(H,29,34)/t14-,15-,17-,18-,19-/m0/s1. The molecule has 2 fully saturated rings. The van der Waals surface area contributed by atoms with Crippen molar-refractivity contribution < 1.29 is 28.8 Å². The van der Waals surface area contributed by atoms with Gasteiger partial charge in [0, 0.05) is 20.0 Å². The lowest BCUT2D eigenvalue weighted by molar-refractivity contribution is -0.147. The molecule has 0 spiro atoms. The van der Waals surface area contributed by atoms with Crippen molar-refractivity contribution >= 4 is 35.4 Å². The maximum Gasteiger partial charge on any atom is 0.246 e. The summed E-state index contributed by atoms with van der Waals surface area (Å²) in [5.41, 5.74) is 10.9. The highest BCUT2D eigenvalue weighted by Gasteiger charge is 2.43. The quantitative estimate of drug-likeness (QED) is 0.184. The minimum Gasteiger partial charge on any atom is -0.368 e. The Kier molecular flexibility index (Phi) is 11.3. The summed E-state index contributed by atoms with van der Waals surface area (Å²) in [5, 5.41) is 7.76. The summed E-state index contributed by atoms with van der Waals surface area (Å²) < 4.78 is 0. The van der Waals surface area contributed by atoms with Crippen molar-refractivity contribution in [2.45, 2.75) is 95.9 Å². The second kappa shape index (κ2) is 13.9. The van der Waals surface area contributed by atoms with Gasteiger partial charge in [-0.15, -0.1) is 0 Å². The first-order valence-electron chi connectivity index (χ1n) is 13.0. The van der Waals surface area contributed by atoms with Gasteiger partial charge in [0.25, 0.3) is 0 Å². The Morgan fingerprint density at radius 2 is 1.49 bits per heavy atom. The van der Waals surface area contributed by atoms with E-state index in [1.807, 2.05) is 0 Å². The topological polar surface area (TPSA) is 197 Å². The normalized spacial score (nSPS) is 21.6. The zero-order valence-corrected chi connectivity index (χ0v) is 22.0. The van der Waals surface area contributed by atoms with Gasteiger partial charge in [0.2, 0.25) is 35.4 Å². The zero-order chi connectivity index (χ0) is 27.7. The number of hydrogen-bond acceptors (Lipinski definition) is 7. The number of nitrogens with two attached hydrogens (primary N) is 2. The molecule has 37 heavy (non-hydrogen) atoms. The van der Waals surface area contributed by atoms with Gasteiger partial charge in [0.15, 0.2) is 0 Å². The van der Waals surface area contributed by atoms with Crippen LogP contribution in [0.3, 0.4) is 0 Å². The number of amides is 6. The van der Waals surface area contributed by atoms with Crippen LogP contribution in [0.2, 0.25) is 0 Å². The van der Waals surface area contributed by atoms with Gasteiger partial charge in [0.05, 0.1) is 0 Å². The third-order valence-corrected chi connectivity index (χ3v) is 6.81. The first-order valence-corrected chi connectivity index (χ1v) is 13.0. The number of nitrogens with zero attached hydrogens (tertiary/aromatic N) is 2. The molecule has 2 aliphatic heterocycles. The Morgan fingerprint density at radius 1 is 0.865 bits per heavy atom. The molecule has 2 rings (SSSR count). The lowest BCUT2D eigenvalue weighted by Crippen LogP contribution is -2.57. The highest BCUT2D eigenvalue weighted by molar-refractivity contribution is 5.96. The fraction of sp³-hybridized carbons (Fsp3) is 0.750. The number of likely N-dealkylation sites (tertiary alicyclic amines) is 2. The average Bonchev–Trinajstić information content (AvgIpc) is 3.52. The van der Waals surface area contributed by atoms with E-state index in [1.54, 1.807) is 6.92 Å². The first kappa shape index (κ1) is 30.0. The van der Waals surface area contributed by atoms with E-state index in [9.17, 15) is 28.8 Å². The Bertz CT molecular complexity index is 882. The Labute approximate surface area is 217 Å². The van der Waals surface area contributed by atoms with Crippen molar-refractivity contribution in [2.24, 2.45) is 11.5 Å². The van der Waals surface area contributed by atoms with Crippen LogP contribution < -0.4 is 27.4 Å². The maximum atomic E-state index is 13.4. The van der Waals surface area contributed by atoms with Gasteiger partial charge in [-0.3, -0.25) is 28.8 Å². The second-order valence-corrected chi connectivity index (χ2v) is 9.78. The largest absolute Gasteiger partial charge is 0.368 e. The minimum absolute atomic E-state index is 0.315. The molecule has 2 saturated heterocycles. The van der Waals surface area contributed by atoms with Crippen LogP contribution in [0.5, 0.6) is 0 Å². The van der Waals surface area contributed by atoms with Gasteiger partial charge >= 0.3 is 0 Å². The van der Waals surface area contributed by atoms with E-state index < -0.39 is 47.9 Å². The van der Waals surface area contributed by atoms with E-state index in [0.717, 1.165) is 0 Å². The molecular formula is C24H41N7O6. The summed E-state index contributed by atoms with van der Waals surface area (Å²) >= 11 is 0. The number of carbonyl (C=O) groups excluding carboxylic acids is 6. The van der Waals surface area contributed by atoms with E-state index in [1.165, 1.54) is 23.6 Å². The Morgan fingerprint density at radius 3 is 2.08 bits per heavy atom. The molecule has 0 radical (unpaired) electrons. The molecule has 13 heteroatoms. The van der Waals surface area contributed by atoms with Crippen molar-refractivity contribution in [1.82, 2.24) is 25.8 Å². The fourth-order valence-electron chi connectivity index (χ4n) is 4.85. The smallest absolute Gasteiger partial charge is 0.246 e. The van der Waals surface area contributed by atoms with Gasteiger partial charge < -0.3 is 37.2 Å². The van der Waals surface area contributed by atoms with Crippen LogP contribution in [-0.4, -0.2) is 95.1 Å². The van der Waals surface area contributed by atoms with Gasteiger partial charge in [-0.25, -0.2) is 0 Å². The summed E-state index contributed by atoms with van der Waals surface area (Å²) in [6.07, 6.45) is 3.81. The van der Waals surface area contributed by atoms with Gasteiger partial charge in [-0.1, -0.05) is 0 Å². The SMILES string of the molecule is CC(=O)N[C@@H](C)C(=O)N1CCC[C@H]1C(=O)N1CCC[C@H]1C(=O)N[C@@H](C)C(=O)N[C@@H](CCCCN)C(N)=O. The highest BCUT2D eigenvalue weighted by atomic mass is 16.2. The molecular weight excluding hydrogens is 482 g/mol. The Balaban J connectivity index is 2.00. The molecule has 0 saturated carbocycles. The number of carbonyl (C=O) groups is 6. The third-order valence-electron chi connectivity index (χ3n) is 6.81. The number of unbranched alkanes of at least 4 members (excludes halogenated alkanes) is 1. The van der Waals surface area contributed by atoms with E-state index in [4.69, 9.17) is 11.5 Å². The highest BCUT2D eigenvalue weighted by Crippen LogP contribution is 2.25. The predicted octanol–water partition coefficient (Wildman–Crippen LogP) is -1.90. The lowest BCUT2D eigenvalue weighted by Gasteiger charge is -2.32. The summed E-state index contributed by atoms with van der Waals surface area (Å²) in [4.78, 5) is 77.9. The van der Waals surface area contributed by atoms with E-state index in [0.29, 0.717) is 64.6 Å². The van der Waals surface area contributed by atoms with Crippen LogP contribution in [-0.2, 0) is 28.8 Å². The molecule has 208 valence electrons. The van der Waals surface area contributed by atoms with E-state index >= 15 is 0 Å². The van der Waals surface area contributed by atoms with Gasteiger partial charge in [-0.05, 0) is 65.3 Å². The predicted molar refractivity (Wildman–Crippen MR) is 134 cm³/mol. The number of rotatable bonds is 12. The minimum atomic E-state index is -0.954. The van der Waals surface area contributed by atoms with Gasteiger partial charge in [-0.2, -0.15) is 0 Å². The molecule has 2 aliphatic rings. The lowest BCUT2D eigenvalue weighted by atomic mass is 10.1. The Hall–Kier alpha value is -3.22. The van der Waals surface area contributed by atoms with Crippen molar-refractivity contribution in [3.8, 4) is 0 Å². The second-order valence-electron chi connectivity index (χ2n) is 9.78. The molecule has 0 aliphatic carbocycles. The molecule has 5 atom stereocenters. The monoisotopic (exact) mass is 523 g/mol. The molecule has 0 aromatic rings. The number of hydrogen-bond donors (Lipinski definition) is 5. The van der Waals surface area contributed by atoms with Crippen molar-refractivity contribution in [3.63, 3.8) is 0 Å². The van der Waals surface area contributed by atoms with Crippen molar-refractivity contribution in [2.75, 3.05) is 19.6 Å². The molecule has 0 aromatic carbocycles. The molecule has 7 N–H and O–H groups in total. The summed E-state index contributed by atoms with van der Waals surface area (Å²) in [7, 11) is 0.